The number of halogens is 2. The van der Waals surface area contributed by atoms with Crippen LogP contribution in [0, 0.1) is 12.7 Å². The molecule has 16 heavy (non-hydrogen) atoms. The van der Waals surface area contributed by atoms with Crippen LogP contribution >= 0.6 is 35.7 Å². The van der Waals surface area contributed by atoms with Gasteiger partial charge >= 0.3 is 0 Å². The summed E-state index contributed by atoms with van der Waals surface area (Å²) in [5, 5.41) is 0.904. The SMILES string of the molecule is CN=C(SC)N(C)c1ccc(F)c(C)c1.I. The van der Waals surface area contributed by atoms with Crippen molar-refractivity contribution in [2.45, 2.75) is 6.92 Å². The monoisotopic (exact) mass is 354 g/mol. The van der Waals surface area contributed by atoms with Crippen molar-refractivity contribution in [3.63, 3.8) is 0 Å². The Labute approximate surface area is 117 Å². The maximum atomic E-state index is 13.1. The first kappa shape index (κ1) is 15.7. The van der Waals surface area contributed by atoms with Crippen molar-refractivity contribution < 1.29 is 4.39 Å². The predicted molar refractivity (Wildman–Crippen MR) is 81.8 cm³/mol. The number of hydrogen-bond donors (Lipinski definition) is 0. The van der Waals surface area contributed by atoms with E-state index >= 15 is 0 Å². The zero-order valence-electron chi connectivity index (χ0n) is 9.82. The second kappa shape index (κ2) is 7.11. The minimum absolute atomic E-state index is 0. The molecular weight excluding hydrogens is 338 g/mol. The molecule has 90 valence electrons. The van der Waals surface area contributed by atoms with E-state index in [1.165, 1.54) is 6.07 Å². The highest BCUT2D eigenvalue weighted by Crippen LogP contribution is 2.19. The number of aliphatic imine (C=N–C) groups is 1. The van der Waals surface area contributed by atoms with Crippen molar-refractivity contribution in [1.82, 2.24) is 0 Å². The number of aryl methyl sites for hydroxylation is 1. The van der Waals surface area contributed by atoms with E-state index in [1.807, 2.05) is 24.3 Å². The number of nitrogens with zero attached hydrogens (tertiary/aromatic N) is 2. The first-order valence-electron chi connectivity index (χ1n) is 4.60. The van der Waals surface area contributed by atoms with Crippen molar-refractivity contribution >= 4 is 46.6 Å². The number of anilines is 1. The smallest absolute Gasteiger partial charge is 0.162 e. The minimum atomic E-state index is -0.175. The van der Waals surface area contributed by atoms with Gasteiger partial charge in [0.05, 0.1) is 0 Å². The molecule has 1 aromatic rings. The highest BCUT2D eigenvalue weighted by atomic mass is 127. The molecule has 1 aromatic carbocycles. The molecule has 0 N–H and O–H groups in total. The van der Waals surface area contributed by atoms with Gasteiger partial charge in [-0.2, -0.15) is 0 Å². The first-order valence-corrected chi connectivity index (χ1v) is 5.83. The quantitative estimate of drug-likeness (QED) is 0.436. The van der Waals surface area contributed by atoms with Gasteiger partial charge in [0, 0.05) is 19.8 Å². The fraction of sp³-hybridized carbons (Fsp3) is 0.364. The van der Waals surface area contributed by atoms with Gasteiger partial charge in [0.25, 0.3) is 0 Å². The van der Waals surface area contributed by atoms with Crippen molar-refractivity contribution in [2.75, 3.05) is 25.3 Å². The maximum absolute atomic E-state index is 13.1. The lowest BCUT2D eigenvalue weighted by Crippen LogP contribution is -2.23. The summed E-state index contributed by atoms with van der Waals surface area (Å²) in [6.07, 6.45) is 1.97. The van der Waals surface area contributed by atoms with E-state index in [0.717, 1.165) is 10.9 Å². The minimum Gasteiger partial charge on any atom is -0.324 e. The molecule has 0 fully saturated rings. The molecule has 2 nitrogen and oxygen atoms in total. The molecule has 5 heteroatoms. The Balaban J connectivity index is 0.00000225. The van der Waals surface area contributed by atoms with Gasteiger partial charge in [0.2, 0.25) is 0 Å². The molecule has 0 heterocycles. The summed E-state index contributed by atoms with van der Waals surface area (Å²) in [7, 11) is 3.67. The van der Waals surface area contributed by atoms with Crippen LogP contribution in [0.4, 0.5) is 10.1 Å². The van der Waals surface area contributed by atoms with Crippen LogP contribution in [-0.4, -0.2) is 25.5 Å². The van der Waals surface area contributed by atoms with Crippen LogP contribution in [-0.2, 0) is 0 Å². The maximum Gasteiger partial charge on any atom is 0.162 e. The van der Waals surface area contributed by atoms with Crippen molar-refractivity contribution in [3.8, 4) is 0 Å². The van der Waals surface area contributed by atoms with Crippen molar-refractivity contribution in [2.24, 2.45) is 4.99 Å². The third kappa shape index (κ3) is 3.62. The van der Waals surface area contributed by atoms with Crippen molar-refractivity contribution in [1.29, 1.82) is 0 Å². The molecule has 0 spiro atoms. The van der Waals surface area contributed by atoms with Gasteiger partial charge in [-0.05, 0) is 36.9 Å². The fourth-order valence-corrected chi connectivity index (χ4v) is 1.89. The highest BCUT2D eigenvalue weighted by Gasteiger charge is 2.08. The molecule has 0 saturated heterocycles. The summed E-state index contributed by atoms with van der Waals surface area (Å²) < 4.78 is 13.1. The van der Waals surface area contributed by atoms with E-state index in [9.17, 15) is 4.39 Å². The van der Waals surface area contributed by atoms with E-state index < -0.39 is 0 Å². The standard InChI is InChI=1S/C11H15FN2S.HI/c1-8-7-9(5-6-10(8)12)14(3)11(13-2)15-4;/h5-7H,1-4H3;1H. The van der Waals surface area contributed by atoms with Crippen LogP contribution in [0.1, 0.15) is 5.56 Å². The first-order chi connectivity index (χ1) is 7.10. The van der Waals surface area contributed by atoms with Gasteiger partial charge < -0.3 is 4.90 Å². The zero-order chi connectivity index (χ0) is 11.4. The van der Waals surface area contributed by atoms with E-state index in [0.29, 0.717) is 5.56 Å². The summed E-state index contributed by atoms with van der Waals surface area (Å²) in [5.74, 6) is -0.175. The molecule has 0 radical (unpaired) electrons. The van der Waals surface area contributed by atoms with E-state index in [2.05, 4.69) is 4.99 Å². The molecule has 0 unspecified atom stereocenters. The molecule has 0 atom stereocenters. The lowest BCUT2D eigenvalue weighted by Gasteiger charge is -2.19. The average Bonchev–Trinajstić information content (AvgIpc) is 2.23. The Kier molecular flexibility index (Phi) is 6.98. The van der Waals surface area contributed by atoms with E-state index in [1.54, 1.807) is 31.8 Å². The molecule has 0 bridgehead atoms. The lowest BCUT2D eigenvalue weighted by atomic mass is 10.2. The van der Waals surface area contributed by atoms with Gasteiger partial charge in [0.1, 0.15) is 5.82 Å². The Morgan fingerprint density at radius 3 is 2.50 bits per heavy atom. The number of hydrogen-bond acceptors (Lipinski definition) is 2. The van der Waals surface area contributed by atoms with Crippen LogP contribution in [0.25, 0.3) is 0 Å². The summed E-state index contributed by atoms with van der Waals surface area (Å²) in [5.41, 5.74) is 1.60. The largest absolute Gasteiger partial charge is 0.324 e. The molecule has 0 aliphatic rings. The second-order valence-corrected chi connectivity index (χ2v) is 3.98. The molecule has 0 aliphatic carbocycles. The zero-order valence-corrected chi connectivity index (χ0v) is 13.0. The normalized spacial score (nSPS) is 10.9. The Morgan fingerprint density at radius 1 is 1.44 bits per heavy atom. The molecule has 0 amide bonds. The Bertz CT molecular complexity index is 382. The van der Waals surface area contributed by atoms with Crippen LogP contribution < -0.4 is 4.90 Å². The summed E-state index contributed by atoms with van der Waals surface area (Å²) in [6.45, 7) is 1.76. The van der Waals surface area contributed by atoms with Gasteiger partial charge in [-0.25, -0.2) is 4.39 Å². The number of benzene rings is 1. The molecule has 0 saturated carbocycles. The second-order valence-electron chi connectivity index (χ2n) is 3.20. The van der Waals surface area contributed by atoms with Crippen LogP contribution in [0.2, 0.25) is 0 Å². The van der Waals surface area contributed by atoms with Gasteiger partial charge in [0.15, 0.2) is 5.17 Å². The Morgan fingerprint density at radius 2 is 2.06 bits per heavy atom. The van der Waals surface area contributed by atoms with Crippen LogP contribution in [0.3, 0.4) is 0 Å². The Hall–Kier alpha value is -0.300. The molecule has 0 aliphatic heterocycles. The average molecular weight is 354 g/mol. The number of rotatable bonds is 1. The molecule has 0 aromatic heterocycles. The lowest BCUT2D eigenvalue weighted by molar-refractivity contribution is 0.618. The third-order valence-corrected chi connectivity index (χ3v) is 3.01. The van der Waals surface area contributed by atoms with Gasteiger partial charge in [-0.1, -0.05) is 11.8 Å². The molecular formula is C11H16FIN2S. The number of thioether (sulfide) groups is 1. The third-order valence-electron chi connectivity index (χ3n) is 2.19. The summed E-state index contributed by atoms with van der Waals surface area (Å²) in [6, 6.07) is 5.05. The highest BCUT2D eigenvalue weighted by molar-refractivity contribution is 14.0. The van der Waals surface area contributed by atoms with Crippen LogP contribution in [0.5, 0.6) is 0 Å². The van der Waals surface area contributed by atoms with Gasteiger partial charge in [-0.15, -0.1) is 24.0 Å². The topological polar surface area (TPSA) is 15.6 Å². The number of amidine groups is 1. The molecule has 1 rings (SSSR count). The van der Waals surface area contributed by atoms with E-state index in [-0.39, 0.29) is 29.8 Å². The summed E-state index contributed by atoms with van der Waals surface area (Å²) in [4.78, 5) is 6.09. The van der Waals surface area contributed by atoms with Crippen LogP contribution in [0.15, 0.2) is 23.2 Å². The van der Waals surface area contributed by atoms with Crippen molar-refractivity contribution in [3.05, 3.63) is 29.6 Å². The van der Waals surface area contributed by atoms with Gasteiger partial charge in [-0.3, -0.25) is 4.99 Å². The summed E-state index contributed by atoms with van der Waals surface area (Å²) >= 11 is 1.57. The fourth-order valence-electron chi connectivity index (χ4n) is 1.33. The predicted octanol–water partition coefficient (Wildman–Crippen LogP) is 3.54. The van der Waals surface area contributed by atoms with E-state index in [4.69, 9.17) is 0 Å².